The normalized spacial score (nSPS) is 30.2. The second-order valence-electron chi connectivity index (χ2n) is 5.90. The highest BCUT2D eigenvalue weighted by Crippen LogP contribution is 2.28. The molecule has 0 aromatic heterocycles. The lowest BCUT2D eigenvalue weighted by Gasteiger charge is -2.48. The van der Waals surface area contributed by atoms with Gasteiger partial charge in [0.2, 0.25) is 0 Å². The van der Waals surface area contributed by atoms with Crippen molar-refractivity contribution in [1.29, 1.82) is 0 Å². The fourth-order valence-electron chi connectivity index (χ4n) is 2.99. The van der Waals surface area contributed by atoms with Gasteiger partial charge in [-0.15, -0.1) is 0 Å². The van der Waals surface area contributed by atoms with Gasteiger partial charge in [-0.1, -0.05) is 30.3 Å². The first-order valence-electron chi connectivity index (χ1n) is 7.12. The fourth-order valence-corrected chi connectivity index (χ4v) is 3.67. The Morgan fingerprint density at radius 1 is 1.42 bits per heavy atom. The van der Waals surface area contributed by atoms with Crippen LogP contribution >= 0.6 is 11.8 Å². The third-order valence-corrected chi connectivity index (χ3v) is 5.05. The van der Waals surface area contributed by atoms with Crippen molar-refractivity contribution in [1.82, 2.24) is 10.2 Å². The van der Waals surface area contributed by atoms with Crippen molar-refractivity contribution >= 4 is 11.8 Å². The van der Waals surface area contributed by atoms with E-state index < -0.39 is 0 Å². The maximum atomic E-state index is 3.74. The summed E-state index contributed by atoms with van der Waals surface area (Å²) in [6, 6.07) is 12.1. The SMILES string of the molecule is CSCC(C)N1CC(C)(c2ccccc2)NCC1C. The molecule has 2 rings (SSSR count). The molecular formula is C16H26N2S. The number of rotatable bonds is 4. The number of thioether (sulfide) groups is 1. The maximum absolute atomic E-state index is 3.74. The highest BCUT2D eigenvalue weighted by molar-refractivity contribution is 7.98. The van der Waals surface area contributed by atoms with E-state index in [1.807, 2.05) is 11.8 Å². The van der Waals surface area contributed by atoms with Crippen molar-refractivity contribution in [3.8, 4) is 0 Å². The molecule has 1 aromatic rings. The average molecular weight is 278 g/mol. The number of piperazine rings is 1. The zero-order chi connectivity index (χ0) is 13.9. The van der Waals surface area contributed by atoms with Gasteiger partial charge in [-0.3, -0.25) is 4.90 Å². The van der Waals surface area contributed by atoms with Crippen LogP contribution in [-0.2, 0) is 5.54 Å². The molecule has 0 bridgehead atoms. The molecule has 3 heteroatoms. The third-order valence-electron chi connectivity index (χ3n) is 4.24. The summed E-state index contributed by atoms with van der Waals surface area (Å²) in [5, 5.41) is 3.74. The van der Waals surface area contributed by atoms with Gasteiger partial charge in [0.1, 0.15) is 0 Å². The number of hydrogen-bond donors (Lipinski definition) is 1. The van der Waals surface area contributed by atoms with Gasteiger partial charge >= 0.3 is 0 Å². The van der Waals surface area contributed by atoms with Gasteiger partial charge in [0.25, 0.3) is 0 Å². The minimum atomic E-state index is 0.0699. The molecule has 106 valence electrons. The molecule has 2 nitrogen and oxygen atoms in total. The average Bonchev–Trinajstić information content (AvgIpc) is 2.43. The van der Waals surface area contributed by atoms with Crippen LogP contribution in [0.25, 0.3) is 0 Å². The Morgan fingerprint density at radius 2 is 2.11 bits per heavy atom. The maximum Gasteiger partial charge on any atom is 0.0535 e. The number of benzene rings is 1. The van der Waals surface area contributed by atoms with Crippen LogP contribution in [0.4, 0.5) is 0 Å². The third kappa shape index (κ3) is 3.33. The highest BCUT2D eigenvalue weighted by Gasteiger charge is 2.36. The Bertz CT molecular complexity index is 395. The van der Waals surface area contributed by atoms with Gasteiger partial charge in [-0.25, -0.2) is 0 Å². The van der Waals surface area contributed by atoms with E-state index in [1.54, 1.807) is 0 Å². The molecule has 1 aliphatic heterocycles. The van der Waals surface area contributed by atoms with Gasteiger partial charge in [-0.2, -0.15) is 11.8 Å². The molecule has 19 heavy (non-hydrogen) atoms. The predicted octanol–water partition coefficient (Wildman–Crippen LogP) is 2.95. The minimum absolute atomic E-state index is 0.0699. The van der Waals surface area contributed by atoms with Crippen molar-refractivity contribution in [2.75, 3.05) is 25.1 Å². The summed E-state index contributed by atoms with van der Waals surface area (Å²) >= 11 is 1.94. The molecule has 0 spiro atoms. The summed E-state index contributed by atoms with van der Waals surface area (Å²) in [7, 11) is 0. The topological polar surface area (TPSA) is 15.3 Å². The van der Waals surface area contributed by atoms with E-state index in [4.69, 9.17) is 0 Å². The first-order valence-corrected chi connectivity index (χ1v) is 8.51. The molecule has 1 saturated heterocycles. The van der Waals surface area contributed by atoms with E-state index in [9.17, 15) is 0 Å². The molecule has 1 fully saturated rings. The van der Waals surface area contributed by atoms with Crippen molar-refractivity contribution in [2.24, 2.45) is 0 Å². The molecule has 1 N–H and O–H groups in total. The van der Waals surface area contributed by atoms with Crippen LogP contribution in [0.15, 0.2) is 30.3 Å². The van der Waals surface area contributed by atoms with E-state index >= 15 is 0 Å². The van der Waals surface area contributed by atoms with Crippen molar-refractivity contribution < 1.29 is 0 Å². The van der Waals surface area contributed by atoms with Crippen molar-refractivity contribution in [2.45, 2.75) is 38.4 Å². The van der Waals surface area contributed by atoms with E-state index in [0.717, 1.165) is 13.1 Å². The highest BCUT2D eigenvalue weighted by atomic mass is 32.2. The zero-order valence-corrected chi connectivity index (χ0v) is 13.3. The summed E-state index contributed by atoms with van der Waals surface area (Å²) in [5.41, 5.74) is 1.46. The van der Waals surface area contributed by atoms with Gasteiger partial charge < -0.3 is 5.32 Å². The Balaban J connectivity index is 2.16. The second-order valence-corrected chi connectivity index (χ2v) is 6.82. The van der Waals surface area contributed by atoms with Gasteiger partial charge in [0.15, 0.2) is 0 Å². The summed E-state index contributed by atoms with van der Waals surface area (Å²) in [6.45, 7) is 9.15. The largest absolute Gasteiger partial charge is 0.305 e. The number of hydrogen-bond acceptors (Lipinski definition) is 3. The predicted molar refractivity (Wildman–Crippen MR) is 85.8 cm³/mol. The minimum Gasteiger partial charge on any atom is -0.305 e. The fraction of sp³-hybridized carbons (Fsp3) is 0.625. The van der Waals surface area contributed by atoms with Crippen molar-refractivity contribution in [3.63, 3.8) is 0 Å². The Labute approximate surface area is 122 Å². The van der Waals surface area contributed by atoms with Crippen LogP contribution in [0.1, 0.15) is 26.3 Å². The first-order chi connectivity index (χ1) is 9.07. The Kier molecular flexibility index (Phi) is 4.93. The molecule has 3 unspecified atom stereocenters. The van der Waals surface area contributed by atoms with Crippen LogP contribution in [0.5, 0.6) is 0 Å². The Hall–Kier alpha value is -0.510. The standard InChI is InChI=1S/C16H26N2S/c1-13-10-17-16(3,15-8-6-5-7-9-15)12-18(13)14(2)11-19-4/h5-9,13-14,17H,10-12H2,1-4H3. The lowest BCUT2D eigenvalue weighted by Crippen LogP contribution is -2.62. The summed E-state index contributed by atoms with van der Waals surface area (Å²) in [4.78, 5) is 2.65. The number of nitrogens with zero attached hydrogens (tertiary/aromatic N) is 1. The molecule has 1 heterocycles. The summed E-state index contributed by atoms with van der Waals surface area (Å²) in [5.74, 6) is 1.20. The summed E-state index contributed by atoms with van der Waals surface area (Å²) in [6.07, 6.45) is 2.19. The molecule has 1 aromatic carbocycles. The van der Waals surface area contributed by atoms with Gasteiger partial charge in [-0.05, 0) is 32.6 Å². The van der Waals surface area contributed by atoms with E-state index in [0.29, 0.717) is 12.1 Å². The number of nitrogens with one attached hydrogen (secondary N) is 1. The van der Waals surface area contributed by atoms with E-state index in [-0.39, 0.29) is 5.54 Å². The molecule has 0 saturated carbocycles. The molecule has 0 radical (unpaired) electrons. The smallest absolute Gasteiger partial charge is 0.0535 e. The lowest BCUT2D eigenvalue weighted by atomic mass is 9.88. The molecular weight excluding hydrogens is 252 g/mol. The Morgan fingerprint density at radius 3 is 2.74 bits per heavy atom. The van der Waals surface area contributed by atoms with Crippen LogP contribution in [0, 0.1) is 0 Å². The van der Waals surface area contributed by atoms with Gasteiger partial charge in [0, 0.05) is 30.9 Å². The van der Waals surface area contributed by atoms with Crippen molar-refractivity contribution in [3.05, 3.63) is 35.9 Å². The van der Waals surface area contributed by atoms with Gasteiger partial charge in [0.05, 0.1) is 5.54 Å². The van der Waals surface area contributed by atoms with Crippen LogP contribution < -0.4 is 5.32 Å². The van der Waals surface area contributed by atoms with E-state index in [1.165, 1.54) is 11.3 Å². The van der Waals surface area contributed by atoms with E-state index in [2.05, 4.69) is 67.6 Å². The quantitative estimate of drug-likeness (QED) is 0.911. The van der Waals surface area contributed by atoms with Crippen LogP contribution in [-0.4, -0.2) is 42.1 Å². The molecule has 3 atom stereocenters. The lowest BCUT2D eigenvalue weighted by molar-refractivity contribution is 0.0689. The molecule has 0 amide bonds. The van der Waals surface area contributed by atoms with Crippen LogP contribution in [0.2, 0.25) is 0 Å². The monoisotopic (exact) mass is 278 g/mol. The molecule has 0 aliphatic carbocycles. The summed E-state index contributed by atoms with van der Waals surface area (Å²) < 4.78 is 0. The zero-order valence-electron chi connectivity index (χ0n) is 12.5. The second kappa shape index (κ2) is 6.29. The first kappa shape index (κ1) is 14.9. The molecule has 1 aliphatic rings. The van der Waals surface area contributed by atoms with Crippen LogP contribution in [0.3, 0.4) is 0 Å².